The Morgan fingerprint density at radius 3 is 1.57 bits per heavy atom. The van der Waals surface area contributed by atoms with Crippen molar-refractivity contribution in [3.63, 3.8) is 0 Å². The van der Waals surface area contributed by atoms with Gasteiger partial charge in [-0.05, 0) is 23.7 Å². The van der Waals surface area contributed by atoms with Gasteiger partial charge in [0.15, 0.2) is 0 Å². The van der Waals surface area contributed by atoms with Gasteiger partial charge in [0.25, 0.3) is 0 Å². The van der Waals surface area contributed by atoms with Gasteiger partial charge < -0.3 is 0 Å². The lowest BCUT2D eigenvalue weighted by Gasteiger charge is -2.23. The Bertz CT molecular complexity index is 257. The summed E-state index contributed by atoms with van der Waals surface area (Å²) in [7, 11) is 0. The first-order valence-electron chi connectivity index (χ1n) is 10.2. The first kappa shape index (κ1) is 17.4. The van der Waals surface area contributed by atoms with Gasteiger partial charge in [-0.15, -0.1) is 0 Å². The monoisotopic (exact) mass is 292 g/mol. The van der Waals surface area contributed by atoms with Crippen molar-refractivity contribution in [2.45, 2.75) is 110 Å². The predicted molar refractivity (Wildman–Crippen MR) is 94.6 cm³/mol. The summed E-state index contributed by atoms with van der Waals surface area (Å²) < 4.78 is 0. The van der Waals surface area contributed by atoms with Gasteiger partial charge in [-0.3, -0.25) is 0 Å². The molecular formula is C21H40. The minimum atomic E-state index is 0.990. The molecule has 0 aromatic carbocycles. The lowest BCUT2D eigenvalue weighted by Crippen LogP contribution is -2.09. The summed E-state index contributed by atoms with van der Waals surface area (Å²) in [5.74, 6) is 4.13. The zero-order valence-electron chi connectivity index (χ0n) is 14.9. The Morgan fingerprint density at radius 2 is 0.952 bits per heavy atom. The van der Waals surface area contributed by atoms with Crippen molar-refractivity contribution in [2.24, 2.45) is 23.7 Å². The number of rotatable bonds is 3. The average Bonchev–Trinajstić information content (AvgIpc) is 2.69. The second-order valence-corrected chi connectivity index (χ2v) is 8.60. The molecule has 0 nitrogen and oxygen atoms in total. The molecule has 0 saturated heterocycles. The Hall–Kier alpha value is 0. The van der Waals surface area contributed by atoms with E-state index in [1.165, 1.54) is 83.5 Å². The summed E-state index contributed by atoms with van der Waals surface area (Å²) in [6.45, 7) is 4.95. The Labute approximate surface area is 134 Å². The quantitative estimate of drug-likeness (QED) is 0.476. The molecule has 4 atom stereocenters. The molecule has 4 unspecified atom stereocenters. The fourth-order valence-corrected chi connectivity index (χ4v) is 4.70. The van der Waals surface area contributed by atoms with E-state index in [2.05, 4.69) is 13.8 Å². The minimum absolute atomic E-state index is 0.990. The van der Waals surface area contributed by atoms with Crippen molar-refractivity contribution < 1.29 is 0 Å². The van der Waals surface area contributed by atoms with E-state index in [-0.39, 0.29) is 0 Å². The maximum atomic E-state index is 2.49. The molecule has 0 N–H and O–H groups in total. The van der Waals surface area contributed by atoms with Crippen LogP contribution < -0.4 is 0 Å². The van der Waals surface area contributed by atoms with Crippen LogP contribution in [-0.4, -0.2) is 0 Å². The van der Waals surface area contributed by atoms with E-state index in [0.29, 0.717) is 0 Å². The molecule has 0 aromatic heterocycles. The molecular weight excluding hydrogens is 252 g/mol. The summed E-state index contributed by atoms with van der Waals surface area (Å²) in [5, 5.41) is 0. The van der Waals surface area contributed by atoms with Crippen LogP contribution >= 0.6 is 0 Å². The van der Waals surface area contributed by atoms with Crippen LogP contribution in [0.3, 0.4) is 0 Å². The van der Waals surface area contributed by atoms with Gasteiger partial charge in [0.1, 0.15) is 0 Å². The standard InChI is InChI=1S/C21H40/c1-18-8-5-3-4-6-10-20(14-12-18)16-17-21-11-7-9-19(2)13-15-21/h18-21H,3-17H2,1-2H3. The molecule has 0 aromatic rings. The Balaban J connectivity index is 1.71. The first-order chi connectivity index (χ1) is 10.2. The molecule has 0 amide bonds. The van der Waals surface area contributed by atoms with Crippen molar-refractivity contribution in [3.05, 3.63) is 0 Å². The molecule has 0 heteroatoms. The summed E-state index contributed by atoms with van der Waals surface area (Å²) in [4.78, 5) is 0. The maximum Gasteiger partial charge on any atom is -0.0414 e. The summed E-state index contributed by atoms with van der Waals surface area (Å²) in [6.07, 6.45) is 22.8. The fraction of sp³-hybridized carbons (Fsp3) is 1.00. The van der Waals surface area contributed by atoms with Gasteiger partial charge in [-0.1, -0.05) is 110 Å². The van der Waals surface area contributed by atoms with Gasteiger partial charge in [0.2, 0.25) is 0 Å². The highest BCUT2D eigenvalue weighted by Gasteiger charge is 2.19. The molecule has 0 heterocycles. The molecule has 0 spiro atoms. The molecule has 2 saturated carbocycles. The molecule has 2 aliphatic carbocycles. The van der Waals surface area contributed by atoms with Crippen LogP contribution in [0.15, 0.2) is 0 Å². The van der Waals surface area contributed by atoms with Crippen LogP contribution in [0.25, 0.3) is 0 Å². The highest BCUT2D eigenvalue weighted by Crippen LogP contribution is 2.33. The number of hydrogen-bond donors (Lipinski definition) is 0. The van der Waals surface area contributed by atoms with Crippen molar-refractivity contribution in [1.82, 2.24) is 0 Å². The van der Waals surface area contributed by atoms with E-state index in [1.54, 1.807) is 12.8 Å². The molecule has 0 radical (unpaired) electrons. The first-order valence-corrected chi connectivity index (χ1v) is 10.2. The highest BCUT2D eigenvalue weighted by molar-refractivity contribution is 4.71. The van der Waals surface area contributed by atoms with E-state index in [1.807, 2.05) is 0 Å². The van der Waals surface area contributed by atoms with Crippen molar-refractivity contribution >= 4 is 0 Å². The van der Waals surface area contributed by atoms with Gasteiger partial charge in [0.05, 0.1) is 0 Å². The van der Waals surface area contributed by atoms with Gasteiger partial charge in [-0.2, -0.15) is 0 Å². The fourth-order valence-electron chi connectivity index (χ4n) is 4.70. The third kappa shape index (κ3) is 7.20. The summed E-state index contributed by atoms with van der Waals surface area (Å²) in [6, 6.07) is 0. The average molecular weight is 293 g/mol. The molecule has 2 rings (SSSR count). The Kier molecular flexibility index (Phi) is 8.19. The lowest BCUT2D eigenvalue weighted by atomic mass is 9.83. The van der Waals surface area contributed by atoms with Gasteiger partial charge >= 0.3 is 0 Å². The van der Waals surface area contributed by atoms with E-state index < -0.39 is 0 Å². The Morgan fingerprint density at radius 1 is 0.476 bits per heavy atom. The molecule has 21 heavy (non-hydrogen) atoms. The van der Waals surface area contributed by atoms with Gasteiger partial charge in [0, 0.05) is 0 Å². The SMILES string of the molecule is CC1CCCCCCC(CCC2CCCC(C)CC2)CC1. The van der Waals surface area contributed by atoms with Crippen molar-refractivity contribution in [3.8, 4) is 0 Å². The predicted octanol–water partition coefficient (Wildman–Crippen LogP) is 7.37. The second kappa shape index (κ2) is 9.90. The zero-order valence-corrected chi connectivity index (χ0v) is 14.9. The van der Waals surface area contributed by atoms with Gasteiger partial charge in [-0.25, -0.2) is 0 Å². The minimum Gasteiger partial charge on any atom is -0.0625 e. The normalized spacial score (nSPS) is 36.9. The van der Waals surface area contributed by atoms with E-state index in [4.69, 9.17) is 0 Å². The van der Waals surface area contributed by atoms with Crippen LogP contribution in [0.4, 0.5) is 0 Å². The zero-order chi connectivity index (χ0) is 14.9. The molecule has 124 valence electrons. The van der Waals surface area contributed by atoms with Crippen LogP contribution in [0.2, 0.25) is 0 Å². The third-order valence-electron chi connectivity index (χ3n) is 6.49. The molecule has 2 fully saturated rings. The molecule has 0 bridgehead atoms. The van der Waals surface area contributed by atoms with Crippen LogP contribution in [0.5, 0.6) is 0 Å². The van der Waals surface area contributed by atoms with E-state index in [9.17, 15) is 0 Å². The largest absolute Gasteiger partial charge is 0.0625 e. The highest BCUT2D eigenvalue weighted by atomic mass is 14.2. The maximum absolute atomic E-state index is 2.49. The molecule has 0 aliphatic heterocycles. The number of hydrogen-bond acceptors (Lipinski definition) is 0. The topological polar surface area (TPSA) is 0 Å². The van der Waals surface area contributed by atoms with Crippen LogP contribution in [0.1, 0.15) is 110 Å². The second-order valence-electron chi connectivity index (χ2n) is 8.60. The van der Waals surface area contributed by atoms with Crippen molar-refractivity contribution in [1.29, 1.82) is 0 Å². The summed E-state index contributed by atoms with van der Waals surface area (Å²) in [5.41, 5.74) is 0. The van der Waals surface area contributed by atoms with Crippen molar-refractivity contribution in [2.75, 3.05) is 0 Å². The lowest BCUT2D eigenvalue weighted by molar-refractivity contribution is 0.296. The summed E-state index contributed by atoms with van der Waals surface area (Å²) >= 11 is 0. The van der Waals surface area contributed by atoms with Crippen LogP contribution in [0, 0.1) is 23.7 Å². The van der Waals surface area contributed by atoms with Crippen LogP contribution in [-0.2, 0) is 0 Å². The third-order valence-corrected chi connectivity index (χ3v) is 6.49. The smallest absolute Gasteiger partial charge is 0.0414 e. The molecule has 2 aliphatic rings. The van der Waals surface area contributed by atoms with E-state index >= 15 is 0 Å². The van der Waals surface area contributed by atoms with E-state index in [0.717, 1.165) is 23.7 Å².